The van der Waals surface area contributed by atoms with E-state index in [2.05, 4.69) is 4.98 Å². The summed E-state index contributed by atoms with van der Waals surface area (Å²) in [4.78, 5) is 30.0. The lowest BCUT2D eigenvalue weighted by Crippen LogP contribution is -2.53. The molecule has 1 aliphatic heterocycles. The molecule has 0 aromatic carbocycles. The quantitative estimate of drug-likeness (QED) is 0.928. The number of carboxylic acids is 1. The zero-order chi connectivity index (χ0) is 15.6. The van der Waals surface area contributed by atoms with Gasteiger partial charge in [-0.25, -0.2) is 4.79 Å². The zero-order valence-electron chi connectivity index (χ0n) is 12.2. The molecule has 1 fully saturated rings. The number of hydrogen-bond donors (Lipinski definition) is 1. The van der Waals surface area contributed by atoms with Crippen LogP contribution in [0, 0.1) is 6.92 Å². The Balaban J connectivity index is 2.39. The average Bonchev–Trinajstić information content (AvgIpc) is 2.83. The summed E-state index contributed by atoms with van der Waals surface area (Å²) in [7, 11) is 0. The van der Waals surface area contributed by atoms with Crippen molar-refractivity contribution < 1.29 is 14.7 Å². The highest BCUT2D eigenvalue weighted by Gasteiger charge is 2.49. The molecule has 114 valence electrons. The summed E-state index contributed by atoms with van der Waals surface area (Å²) in [5.41, 5.74) is -0.123. The minimum atomic E-state index is -1.11. The molecule has 0 spiro atoms. The molecule has 0 radical (unpaired) electrons. The Morgan fingerprint density at radius 2 is 2.24 bits per heavy atom. The molecule has 1 unspecified atom stereocenters. The predicted octanol–water partition coefficient (Wildman–Crippen LogP) is 2.90. The number of hydrogen-bond acceptors (Lipinski definition) is 3. The van der Waals surface area contributed by atoms with E-state index in [0.717, 1.165) is 5.69 Å². The second-order valence-corrected chi connectivity index (χ2v) is 5.86. The van der Waals surface area contributed by atoms with Crippen molar-refractivity contribution >= 4 is 23.5 Å². The Morgan fingerprint density at radius 1 is 1.52 bits per heavy atom. The van der Waals surface area contributed by atoms with Crippen LogP contribution in [0.25, 0.3) is 0 Å². The number of carboxylic acid groups (broad SMARTS) is 1. The van der Waals surface area contributed by atoms with Gasteiger partial charge in [0.1, 0.15) is 5.54 Å². The second-order valence-electron chi connectivity index (χ2n) is 5.45. The summed E-state index contributed by atoms with van der Waals surface area (Å²) < 4.78 is 0. The van der Waals surface area contributed by atoms with Crippen molar-refractivity contribution in [2.45, 2.75) is 45.1 Å². The molecular formula is C15H19ClN2O3. The monoisotopic (exact) mass is 310 g/mol. The summed E-state index contributed by atoms with van der Waals surface area (Å²) in [5.74, 6) is -1.28. The summed E-state index contributed by atoms with van der Waals surface area (Å²) in [6.45, 7) is 4.15. The molecule has 1 aromatic heterocycles. The summed E-state index contributed by atoms with van der Waals surface area (Å²) in [6, 6.07) is 1.62. The maximum atomic E-state index is 12.7. The minimum Gasteiger partial charge on any atom is -0.479 e. The number of halogens is 1. The first kappa shape index (κ1) is 15.8. The number of carbonyl (C=O) groups excluding carboxylic acids is 1. The fraction of sp³-hybridized carbons (Fsp3) is 0.533. The van der Waals surface area contributed by atoms with E-state index in [9.17, 15) is 14.7 Å². The van der Waals surface area contributed by atoms with Crippen LogP contribution in [0.4, 0.5) is 0 Å². The highest BCUT2D eigenvalue weighted by Crippen LogP contribution is 2.36. The lowest BCUT2D eigenvalue weighted by molar-refractivity contribution is -0.148. The van der Waals surface area contributed by atoms with Gasteiger partial charge >= 0.3 is 5.97 Å². The molecule has 2 heterocycles. The summed E-state index contributed by atoms with van der Waals surface area (Å²) in [6.07, 6.45) is 3.76. The van der Waals surface area contributed by atoms with Gasteiger partial charge in [0.05, 0.1) is 10.6 Å². The molecule has 1 aromatic rings. The lowest BCUT2D eigenvalue weighted by Gasteiger charge is -2.34. The van der Waals surface area contributed by atoms with Crippen molar-refractivity contribution in [3.63, 3.8) is 0 Å². The van der Waals surface area contributed by atoms with Gasteiger partial charge < -0.3 is 10.0 Å². The first-order valence-corrected chi connectivity index (χ1v) is 7.47. The van der Waals surface area contributed by atoms with Crippen LogP contribution in [0.3, 0.4) is 0 Å². The highest BCUT2D eigenvalue weighted by atomic mass is 35.5. The Kier molecular flexibility index (Phi) is 4.52. The lowest BCUT2D eigenvalue weighted by atomic mass is 9.90. The van der Waals surface area contributed by atoms with E-state index in [0.29, 0.717) is 37.3 Å². The number of rotatable bonds is 4. The third-order valence-corrected chi connectivity index (χ3v) is 4.33. The minimum absolute atomic E-state index is 0.269. The number of aliphatic carboxylic acids is 1. The normalized spacial score (nSPS) is 21.6. The Labute approximate surface area is 128 Å². The van der Waals surface area contributed by atoms with Gasteiger partial charge in [0.25, 0.3) is 5.91 Å². The van der Waals surface area contributed by atoms with E-state index in [1.165, 1.54) is 11.1 Å². The Hall–Kier alpha value is -1.62. The molecule has 5 nitrogen and oxygen atoms in total. The van der Waals surface area contributed by atoms with Gasteiger partial charge in [-0.3, -0.25) is 9.78 Å². The molecule has 1 atom stereocenters. The summed E-state index contributed by atoms with van der Waals surface area (Å²) in [5, 5.41) is 9.95. The van der Waals surface area contributed by atoms with Crippen LogP contribution in [0.1, 0.15) is 48.7 Å². The highest BCUT2D eigenvalue weighted by molar-refractivity contribution is 6.33. The number of pyridine rings is 1. The number of likely N-dealkylation sites (tertiary alicyclic amines) is 1. The second kappa shape index (κ2) is 6.02. The third kappa shape index (κ3) is 2.75. The topological polar surface area (TPSA) is 70.5 Å². The van der Waals surface area contributed by atoms with Crippen LogP contribution in [0.15, 0.2) is 12.3 Å². The van der Waals surface area contributed by atoms with E-state index in [1.54, 1.807) is 13.0 Å². The molecule has 21 heavy (non-hydrogen) atoms. The molecule has 1 saturated heterocycles. The van der Waals surface area contributed by atoms with Crippen molar-refractivity contribution in [2.24, 2.45) is 0 Å². The average molecular weight is 311 g/mol. The standard InChI is InChI=1S/C15H19ClN2O3/c1-3-5-15(14(20)21)6-4-7-18(15)13(19)11-9-17-10(2)8-12(11)16/h8-9H,3-7H2,1-2H3,(H,20,21). The Bertz CT molecular complexity index is 576. The molecular weight excluding hydrogens is 292 g/mol. The molecule has 6 heteroatoms. The largest absolute Gasteiger partial charge is 0.479 e. The van der Waals surface area contributed by atoms with Gasteiger partial charge in [-0.2, -0.15) is 0 Å². The molecule has 2 rings (SSSR count). The maximum Gasteiger partial charge on any atom is 0.329 e. The van der Waals surface area contributed by atoms with Gasteiger partial charge in [-0.05, 0) is 32.3 Å². The third-order valence-electron chi connectivity index (χ3n) is 4.02. The molecule has 0 aliphatic carbocycles. The van der Waals surface area contributed by atoms with E-state index in [1.807, 2.05) is 6.92 Å². The van der Waals surface area contributed by atoms with Crippen LogP contribution < -0.4 is 0 Å². The number of amides is 1. The molecule has 0 saturated carbocycles. The summed E-state index contributed by atoms with van der Waals surface area (Å²) >= 11 is 6.12. The fourth-order valence-electron chi connectivity index (χ4n) is 3.01. The fourth-order valence-corrected chi connectivity index (χ4v) is 3.29. The molecule has 1 N–H and O–H groups in total. The van der Waals surface area contributed by atoms with Crippen molar-refractivity contribution in [3.05, 3.63) is 28.5 Å². The van der Waals surface area contributed by atoms with Crippen molar-refractivity contribution in [3.8, 4) is 0 Å². The maximum absolute atomic E-state index is 12.7. The van der Waals surface area contributed by atoms with E-state index < -0.39 is 11.5 Å². The van der Waals surface area contributed by atoms with E-state index in [-0.39, 0.29) is 11.5 Å². The van der Waals surface area contributed by atoms with Gasteiger partial charge in [0.2, 0.25) is 0 Å². The SMILES string of the molecule is CCCC1(C(=O)O)CCCN1C(=O)c1cnc(C)cc1Cl. The smallest absolute Gasteiger partial charge is 0.329 e. The van der Waals surface area contributed by atoms with Gasteiger partial charge in [-0.1, -0.05) is 24.9 Å². The number of nitrogens with zero attached hydrogens (tertiary/aromatic N) is 2. The molecule has 1 aliphatic rings. The first-order chi connectivity index (χ1) is 9.92. The van der Waals surface area contributed by atoms with Crippen molar-refractivity contribution in [1.29, 1.82) is 0 Å². The van der Waals surface area contributed by atoms with Crippen LogP contribution >= 0.6 is 11.6 Å². The van der Waals surface area contributed by atoms with Gasteiger partial charge in [-0.15, -0.1) is 0 Å². The molecule has 0 bridgehead atoms. The van der Waals surface area contributed by atoms with Gasteiger partial charge in [0, 0.05) is 18.4 Å². The van der Waals surface area contributed by atoms with Crippen molar-refractivity contribution in [2.75, 3.05) is 6.54 Å². The van der Waals surface area contributed by atoms with Crippen molar-refractivity contribution in [1.82, 2.24) is 9.88 Å². The number of carbonyl (C=O) groups is 2. The van der Waals surface area contributed by atoms with Gasteiger partial charge in [0.15, 0.2) is 0 Å². The van der Waals surface area contributed by atoms with E-state index >= 15 is 0 Å². The van der Waals surface area contributed by atoms with Crippen LogP contribution in [0.5, 0.6) is 0 Å². The number of aryl methyl sites for hydroxylation is 1. The first-order valence-electron chi connectivity index (χ1n) is 7.10. The molecule has 1 amide bonds. The van der Waals surface area contributed by atoms with Crippen LogP contribution in [-0.2, 0) is 4.79 Å². The van der Waals surface area contributed by atoms with Crippen LogP contribution in [0.2, 0.25) is 5.02 Å². The van der Waals surface area contributed by atoms with E-state index in [4.69, 9.17) is 11.6 Å². The number of aromatic nitrogens is 1. The predicted molar refractivity (Wildman–Crippen MR) is 79.5 cm³/mol. The zero-order valence-corrected chi connectivity index (χ0v) is 13.0. The van der Waals surface area contributed by atoms with Crippen LogP contribution in [-0.4, -0.2) is 39.0 Å². The Morgan fingerprint density at radius 3 is 2.81 bits per heavy atom.